The number of nitrogens with zero attached hydrogens (tertiary/aromatic N) is 2. The molecule has 0 spiro atoms. The van der Waals surface area contributed by atoms with Gasteiger partial charge in [0.1, 0.15) is 0 Å². The third kappa shape index (κ3) is 3.80. The fraction of sp³-hybridized carbons (Fsp3) is 0.818. The first kappa shape index (κ1) is 12.9. The maximum Gasteiger partial charge on any atom is 0.307 e. The molecule has 0 aromatic rings. The lowest BCUT2D eigenvalue weighted by Gasteiger charge is -2.33. The second kappa shape index (κ2) is 6.46. The van der Waals surface area contributed by atoms with Gasteiger partial charge in [0.2, 0.25) is 0 Å². The van der Waals surface area contributed by atoms with E-state index in [0.29, 0.717) is 26.2 Å². The summed E-state index contributed by atoms with van der Waals surface area (Å²) in [4.78, 5) is 13.4. The minimum atomic E-state index is -0.376. The molecular formula is C11H18N2O3. The van der Waals surface area contributed by atoms with Gasteiger partial charge in [-0.2, -0.15) is 5.26 Å². The number of carbonyl (C=O) groups excluding carboxylic acids is 1. The van der Waals surface area contributed by atoms with Crippen molar-refractivity contribution in [3.05, 3.63) is 0 Å². The van der Waals surface area contributed by atoms with E-state index in [0.717, 1.165) is 6.54 Å². The van der Waals surface area contributed by atoms with Crippen LogP contribution in [0.3, 0.4) is 0 Å². The van der Waals surface area contributed by atoms with Crippen LogP contribution in [0.5, 0.6) is 0 Å². The van der Waals surface area contributed by atoms with Crippen molar-refractivity contribution in [2.24, 2.45) is 0 Å². The van der Waals surface area contributed by atoms with Crippen LogP contribution in [0, 0.1) is 11.3 Å². The Morgan fingerprint density at radius 1 is 1.75 bits per heavy atom. The molecule has 1 aliphatic heterocycles. The van der Waals surface area contributed by atoms with Crippen molar-refractivity contribution in [2.45, 2.75) is 32.4 Å². The molecule has 0 aromatic carbocycles. The van der Waals surface area contributed by atoms with Gasteiger partial charge in [0, 0.05) is 19.1 Å². The molecular weight excluding hydrogens is 208 g/mol. The molecule has 0 aromatic heterocycles. The highest BCUT2D eigenvalue weighted by atomic mass is 16.5. The van der Waals surface area contributed by atoms with Gasteiger partial charge < -0.3 is 9.47 Å². The minimum absolute atomic E-state index is 0.0961. The van der Waals surface area contributed by atoms with Gasteiger partial charge >= 0.3 is 5.97 Å². The standard InChI is InChI=1S/C11H18N2O3/c1-3-15-11(14)6-9(2)13-4-5-16-10(7-12)8-13/h9-10H,3-6,8H2,1-2H3. The molecule has 5 nitrogen and oxygen atoms in total. The molecule has 1 fully saturated rings. The Balaban J connectivity index is 2.38. The molecule has 2 unspecified atom stereocenters. The van der Waals surface area contributed by atoms with Gasteiger partial charge in [-0.3, -0.25) is 9.69 Å². The van der Waals surface area contributed by atoms with E-state index < -0.39 is 0 Å². The molecule has 1 rings (SSSR count). The number of carbonyl (C=O) groups is 1. The molecule has 1 heterocycles. The zero-order chi connectivity index (χ0) is 12.0. The first-order valence-corrected chi connectivity index (χ1v) is 5.58. The van der Waals surface area contributed by atoms with Crippen molar-refractivity contribution in [2.75, 3.05) is 26.3 Å². The lowest BCUT2D eigenvalue weighted by molar-refractivity contribution is -0.145. The molecule has 2 atom stereocenters. The van der Waals surface area contributed by atoms with E-state index >= 15 is 0 Å². The van der Waals surface area contributed by atoms with E-state index in [2.05, 4.69) is 11.0 Å². The molecule has 1 saturated heterocycles. The maximum absolute atomic E-state index is 11.3. The van der Waals surface area contributed by atoms with Gasteiger partial charge in [-0.1, -0.05) is 0 Å². The normalized spacial score (nSPS) is 23.4. The molecule has 0 radical (unpaired) electrons. The summed E-state index contributed by atoms with van der Waals surface area (Å²) in [7, 11) is 0. The maximum atomic E-state index is 11.3. The minimum Gasteiger partial charge on any atom is -0.466 e. The summed E-state index contributed by atoms with van der Waals surface area (Å²) >= 11 is 0. The van der Waals surface area contributed by atoms with Crippen LogP contribution < -0.4 is 0 Å². The van der Waals surface area contributed by atoms with Crippen molar-refractivity contribution in [1.29, 1.82) is 5.26 Å². The molecule has 16 heavy (non-hydrogen) atoms. The third-order valence-corrected chi connectivity index (χ3v) is 2.63. The van der Waals surface area contributed by atoms with Crippen LogP contribution in [0.2, 0.25) is 0 Å². The fourth-order valence-electron chi connectivity index (χ4n) is 1.74. The molecule has 90 valence electrons. The van der Waals surface area contributed by atoms with Crippen molar-refractivity contribution in [3.8, 4) is 6.07 Å². The summed E-state index contributed by atoms with van der Waals surface area (Å²) in [5.74, 6) is -0.185. The molecule has 0 saturated carbocycles. The topological polar surface area (TPSA) is 62.6 Å². The second-order valence-electron chi connectivity index (χ2n) is 3.84. The highest BCUT2D eigenvalue weighted by molar-refractivity contribution is 5.70. The van der Waals surface area contributed by atoms with E-state index in [4.69, 9.17) is 14.7 Å². The Kier molecular flexibility index (Phi) is 5.23. The van der Waals surface area contributed by atoms with E-state index in [1.165, 1.54) is 0 Å². The zero-order valence-corrected chi connectivity index (χ0v) is 9.81. The molecule has 0 bridgehead atoms. The van der Waals surface area contributed by atoms with Crippen LogP contribution in [0.4, 0.5) is 0 Å². The summed E-state index contributed by atoms with van der Waals surface area (Å²) < 4.78 is 10.1. The monoisotopic (exact) mass is 226 g/mol. The van der Waals surface area contributed by atoms with Crippen molar-refractivity contribution in [3.63, 3.8) is 0 Å². The van der Waals surface area contributed by atoms with Crippen LogP contribution in [0.15, 0.2) is 0 Å². The quantitative estimate of drug-likeness (QED) is 0.655. The van der Waals surface area contributed by atoms with Gasteiger partial charge in [-0.15, -0.1) is 0 Å². The van der Waals surface area contributed by atoms with Crippen molar-refractivity contribution < 1.29 is 14.3 Å². The number of rotatable bonds is 4. The Hall–Kier alpha value is -1.12. The van der Waals surface area contributed by atoms with Crippen LogP contribution in [0.1, 0.15) is 20.3 Å². The van der Waals surface area contributed by atoms with E-state index in [9.17, 15) is 4.79 Å². The highest BCUT2D eigenvalue weighted by Gasteiger charge is 2.25. The largest absolute Gasteiger partial charge is 0.466 e. The van der Waals surface area contributed by atoms with Crippen LogP contribution in [-0.4, -0.2) is 49.3 Å². The summed E-state index contributed by atoms with van der Waals surface area (Å²) in [5, 5.41) is 8.76. The summed E-state index contributed by atoms with van der Waals surface area (Å²) in [5.41, 5.74) is 0. The van der Waals surface area contributed by atoms with Gasteiger partial charge in [0.25, 0.3) is 0 Å². The Morgan fingerprint density at radius 3 is 3.12 bits per heavy atom. The van der Waals surface area contributed by atoms with Crippen molar-refractivity contribution in [1.82, 2.24) is 4.90 Å². The number of hydrogen-bond acceptors (Lipinski definition) is 5. The Bertz CT molecular complexity index is 275. The van der Waals surface area contributed by atoms with E-state index in [-0.39, 0.29) is 18.1 Å². The summed E-state index contributed by atoms with van der Waals surface area (Å²) in [6.07, 6.45) is -0.00943. The SMILES string of the molecule is CCOC(=O)CC(C)N1CCOC(C#N)C1. The van der Waals surface area contributed by atoms with Gasteiger partial charge in [0.05, 0.1) is 25.7 Å². The number of ether oxygens (including phenoxy) is 2. The summed E-state index contributed by atoms with van der Waals surface area (Å²) in [6.45, 7) is 6.05. The molecule has 5 heteroatoms. The van der Waals surface area contributed by atoms with Gasteiger partial charge in [-0.05, 0) is 13.8 Å². The summed E-state index contributed by atoms with van der Waals surface area (Å²) in [6, 6.07) is 2.18. The average Bonchev–Trinajstić information content (AvgIpc) is 2.29. The lowest BCUT2D eigenvalue weighted by atomic mass is 10.1. The molecule has 0 aliphatic carbocycles. The zero-order valence-electron chi connectivity index (χ0n) is 9.81. The van der Waals surface area contributed by atoms with Crippen LogP contribution >= 0.6 is 0 Å². The smallest absolute Gasteiger partial charge is 0.307 e. The van der Waals surface area contributed by atoms with Crippen LogP contribution in [-0.2, 0) is 14.3 Å². The van der Waals surface area contributed by atoms with Crippen molar-refractivity contribution >= 4 is 5.97 Å². The Morgan fingerprint density at radius 2 is 2.50 bits per heavy atom. The molecule has 0 amide bonds. The molecule has 1 aliphatic rings. The first-order valence-electron chi connectivity index (χ1n) is 5.58. The highest BCUT2D eigenvalue weighted by Crippen LogP contribution is 2.11. The Labute approximate surface area is 95.9 Å². The first-order chi connectivity index (χ1) is 7.67. The third-order valence-electron chi connectivity index (χ3n) is 2.63. The van der Waals surface area contributed by atoms with E-state index in [1.54, 1.807) is 6.92 Å². The predicted octanol–water partition coefficient (Wildman–Crippen LogP) is 0.552. The number of morpholine rings is 1. The number of nitriles is 1. The second-order valence-corrected chi connectivity index (χ2v) is 3.84. The number of hydrogen-bond donors (Lipinski definition) is 0. The fourth-order valence-corrected chi connectivity index (χ4v) is 1.74. The lowest BCUT2D eigenvalue weighted by Crippen LogP contribution is -2.46. The number of esters is 1. The van der Waals surface area contributed by atoms with E-state index in [1.807, 2.05) is 6.92 Å². The van der Waals surface area contributed by atoms with Gasteiger partial charge in [0.15, 0.2) is 6.10 Å². The predicted molar refractivity (Wildman–Crippen MR) is 57.6 cm³/mol. The van der Waals surface area contributed by atoms with Gasteiger partial charge in [-0.25, -0.2) is 0 Å². The molecule has 0 N–H and O–H groups in total. The average molecular weight is 226 g/mol. The van der Waals surface area contributed by atoms with Crippen LogP contribution in [0.25, 0.3) is 0 Å².